The summed E-state index contributed by atoms with van der Waals surface area (Å²) in [5.41, 5.74) is 0. The van der Waals surface area contributed by atoms with Crippen LogP contribution < -0.4 is 0 Å². The van der Waals surface area contributed by atoms with Gasteiger partial charge in [-0.05, 0) is 12.8 Å². The number of ether oxygens (including phenoxy) is 3. The highest BCUT2D eigenvalue weighted by Gasteiger charge is 2.72. The van der Waals surface area contributed by atoms with Gasteiger partial charge >= 0.3 is 17.9 Å². The zero-order valence-electron chi connectivity index (χ0n) is 10.6. The topological polar surface area (TPSA) is 99.1 Å². The van der Waals surface area contributed by atoms with Crippen molar-refractivity contribution in [1.82, 2.24) is 0 Å². The van der Waals surface area contributed by atoms with E-state index in [9.17, 15) is 19.5 Å². The molecule has 0 aromatic heterocycles. The average Bonchev–Trinajstić information content (AvgIpc) is 2.99. The number of fused-ring (bicyclic) bond motifs is 1. The summed E-state index contributed by atoms with van der Waals surface area (Å²) in [5, 5.41) is 10.4. The number of carbonyl (C=O) groups excluding carboxylic acids is 3. The van der Waals surface area contributed by atoms with Gasteiger partial charge in [0, 0.05) is 17.9 Å². The Hall–Kier alpha value is -1.89. The minimum atomic E-state index is -1.72. The molecule has 0 aromatic carbocycles. The van der Waals surface area contributed by atoms with Gasteiger partial charge < -0.3 is 19.3 Å². The van der Waals surface area contributed by atoms with Gasteiger partial charge in [0.05, 0.1) is 5.92 Å². The van der Waals surface area contributed by atoms with Crippen molar-refractivity contribution in [2.45, 2.75) is 24.7 Å². The molecule has 108 valence electrons. The zero-order chi connectivity index (χ0) is 14.5. The minimum absolute atomic E-state index is 0.0968. The molecule has 1 N–H and O–H groups in total. The molecule has 2 saturated carbocycles. The largest absolute Gasteiger partial charge is 0.453 e. The van der Waals surface area contributed by atoms with Gasteiger partial charge in [0.2, 0.25) is 0 Å². The van der Waals surface area contributed by atoms with Crippen LogP contribution in [0, 0.1) is 17.8 Å². The van der Waals surface area contributed by atoms with E-state index < -0.39 is 36.4 Å². The SMILES string of the molecule is C=CC(=O)OCC(=O)OC1C2CC3C(=O)OC1(O)C3C2. The fourth-order valence-corrected chi connectivity index (χ4v) is 3.51. The molecule has 0 amide bonds. The summed E-state index contributed by atoms with van der Waals surface area (Å²) in [7, 11) is 0. The molecule has 0 radical (unpaired) electrons. The Labute approximate surface area is 114 Å². The van der Waals surface area contributed by atoms with Crippen molar-refractivity contribution in [2.24, 2.45) is 17.8 Å². The van der Waals surface area contributed by atoms with Crippen LogP contribution in [0.15, 0.2) is 12.7 Å². The van der Waals surface area contributed by atoms with E-state index in [-0.39, 0.29) is 17.8 Å². The van der Waals surface area contributed by atoms with Gasteiger partial charge in [-0.1, -0.05) is 6.58 Å². The van der Waals surface area contributed by atoms with E-state index in [1.807, 2.05) is 0 Å². The number of aliphatic hydroxyl groups is 1. The molecule has 5 atom stereocenters. The Morgan fingerprint density at radius 3 is 2.95 bits per heavy atom. The smallest absolute Gasteiger partial charge is 0.344 e. The van der Waals surface area contributed by atoms with Crippen molar-refractivity contribution in [3.63, 3.8) is 0 Å². The van der Waals surface area contributed by atoms with E-state index in [2.05, 4.69) is 11.3 Å². The first-order chi connectivity index (χ1) is 9.45. The van der Waals surface area contributed by atoms with E-state index in [0.29, 0.717) is 12.8 Å². The molecule has 7 heteroatoms. The zero-order valence-corrected chi connectivity index (χ0v) is 10.6. The molecule has 3 rings (SSSR count). The van der Waals surface area contributed by atoms with Crippen molar-refractivity contribution < 1.29 is 33.7 Å². The highest BCUT2D eigenvalue weighted by atomic mass is 16.7. The summed E-state index contributed by atoms with van der Waals surface area (Å²) in [5.74, 6) is -4.38. The molecule has 5 unspecified atom stereocenters. The molecule has 3 fully saturated rings. The first-order valence-corrected chi connectivity index (χ1v) is 6.39. The van der Waals surface area contributed by atoms with Crippen LogP contribution in [0.3, 0.4) is 0 Å². The monoisotopic (exact) mass is 282 g/mol. The number of rotatable bonds is 4. The van der Waals surface area contributed by atoms with Gasteiger partial charge in [-0.15, -0.1) is 0 Å². The Kier molecular flexibility index (Phi) is 2.82. The second kappa shape index (κ2) is 4.31. The minimum Gasteiger partial charge on any atom is -0.453 e. The summed E-state index contributed by atoms with van der Waals surface area (Å²) in [6.45, 7) is 2.64. The molecule has 2 bridgehead atoms. The van der Waals surface area contributed by atoms with Crippen LogP contribution in [-0.4, -0.2) is 41.5 Å². The van der Waals surface area contributed by atoms with Gasteiger partial charge in [-0.3, -0.25) is 4.79 Å². The normalized spacial score (nSPS) is 40.4. The predicted molar refractivity (Wildman–Crippen MR) is 61.8 cm³/mol. The first-order valence-electron chi connectivity index (χ1n) is 6.39. The predicted octanol–water partition coefficient (Wildman–Crippen LogP) is -0.471. The standard InChI is InChI=1S/C13H14O7/c1-2-9(14)18-5-10(15)19-11-6-3-7-8(4-6)13(11,17)20-12(7)16/h2,6-8,11,17H,1,3-5H2. The number of esters is 3. The fourth-order valence-electron chi connectivity index (χ4n) is 3.51. The Morgan fingerprint density at radius 2 is 2.25 bits per heavy atom. The third-order valence-corrected chi connectivity index (χ3v) is 4.29. The van der Waals surface area contributed by atoms with Crippen LogP contribution in [-0.2, 0) is 28.6 Å². The van der Waals surface area contributed by atoms with E-state index in [0.717, 1.165) is 6.08 Å². The van der Waals surface area contributed by atoms with Gasteiger partial charge in [0.25, 0.3) is 5.79 Å². The maximum atomic E-state index is 11.6. The summed E-state index contributed by atoms with van der Waals surface area (Å²) < 4.78 is 14.7. The van der Waals surface area contributed by atoms with Crippen LogP contribution in [0.4, 0.5) is 0 Å². The summed E-state index contributed by atoms with van der Waals surface area (Å²) in [4.78, 5) is 34.0. The van der Waals surface area contributed by atoms with Gasteiger partial charge in [0.1, 0.15) is 0 Å². The molecule has 20 heavy (non-hydrogen) atoms. The van der Waals surface area contributed by atoms with E-state index in [1.165, 1.54) is 0 Å². The van der Waals surface area contributed by atoms with Crippen LogP contribution in [0.1, 0.15) is 12.8 Å². The lowest BCUT2D eigenvalue weighted by molar-refractivity contribution is -0.245. The van der Waals surface area contributed by atoms with Gasteiger partial charge in [0.15, 0.2) is 12.7 Å². The first kappa shape index (κ1) is 13.1. The third-order valence-electron chi connectivity index (χ3n) is 4.29. The van der Waals surface area contributed by atoms with Crippen LogP contribution >= 0.6 is 0 Å². The Balaban J connectivity index is 1.64. The average molecular weight is 282 g/mol. The number of hydrogen-bond donors (Lipinski definition) is 1. The van der Waals surface area contributed by atoms with E-state index in [4.69, 9.17) is 9.47 Å². The summed E-state index contributed by atoms with van der Waals surface area (Å²) >= 11 is 0. The van der Waals surface area contributed by atoms with Crippen molar-refractivity contribution in [1.29, 1.82) is 0 Å². The number of hydrogen-bond acceptors (Lipinski definition) is 7. The quantitative estimate of drug-likeness (QED) is 0.422. The second-order valence-corrected chi connectivity index (χ2v) is 5.34. The molecular weight excluding hydrogens is 268 g/mol. The maximum Gasteiger partial charge on any atom is 0.344 e. The van der Waals surface area contributed by atoms with Crippen LogP contribution in [0.5, 0.6) is 0 Å². The van der Waals surface area contributed by atoms with Crippen molar-refractivity contribution >= 4 is 17.9 Å². The lowest BCUT2D eigenvalue weighted by atomic mass is 9.85. The van der Waals surface area contributed by atoms with E-state index in [1.54, 1.807) is 0 Å². The molecule has 3 aliphatic rings. The maximum absolute atomic E-state index is 11.6. The molecule has 1 heterocycles. The lowest BCUT2D eigenvalue weighted by Crippen LogP contribution is -2.49. The van der Waals surface area contributed by atoms with Crippen LogP contribution in [0.25, 0.3) is 0 Å². The van der Waals surface area contributed by atoms with Crippen molar-refractivity contribution in [2.75, 3.05) is 6.61 Å². The molecular formula is C13H14O7. The Bertz CT molecular complexity index is 499. The molecule has 2 aliphatic carbocycles. The van der Waals surface area contributed by atoms with Crippen LogP contribution in [0.2, 0.25) is 0 Å². The summed E-state index contributed by atoms with van der Waals surface area (Å²) in [6, 6.07) is 0. The number of carbonyl (C=O) groups is 3. The fraction of sp³-hybridized carbons (Fsp3) is 0.615. The molecule has 0 aromatic rings. The highest BCUT2D eigenvalue weighted by Crippen LogP contribution is 2.60. The molecule has 1 aliphatic heterocycles. The molecule has 1 saturated heterocycles. The van der Waals surface area contributed by atoms with Crippen molar-refractivity contribution in [3.05, 3.63) is 12.7 Å². The third kappa shape index (κ3) is 1.73. The Morgan fingerprint density at radius 1 is 1.50 bits per heavy atom. The van der Waals surface area contributed by atoms with Crippen molar-refractivity contribution in [3.8, 4) is 0 Å². The summed E-state index contributed by atoms with van der Waals surface area (Å²) in [6.07, 6.45) is 1.19. The van der Waals surface area contributed by atoms with Gasteiger partial charge in [-0.25, -0.2) is 9.59 Å². The molecule has 0 spiro atoms. The molecule has 7 nitrogen and oxygen atoms in total. The van der Waals surface area contributed by atoms with Gasteiger partial charge in [-0.2, -0.15) is 0 Å². The lowest BCUT2D eigenvalue weighted by Gasteiger charge is -2.32. The van der Waals surface area contributed by atoms with E-state index >= 15 is 0 Å². The second-order valence-electron chi connectivity index (χ2n) is 5.34. The highest BCUT2D eigenvalue weighted by molar-refractivity contribution is 5.84.